The van der Waals surface area contributed by atoms with Crippen molar-refractivity contribution in [3.8, 4) is 5.69 Å². The van der Waals surface area contributed by atoms with Gasteiger partial charge in [-0.25, -0.2) is 8.42 Å². The van der Waals surface area contributed by atoms with Crippen LogP contribution in [0.3, 0.4) is 0 Å². The molecule has 1 heterocycles. The van der Waals surface area contributed by atoms with Gasteiger partial charge in [-0.2, -0.15) is 4.68 Å². The third-order valence-electron chi connectivity index (χ3n) is 4.04. The summed E-state index contributed by atoms with van der Waals surface area (Å²) < 4.78 is 25.1. The second-order valence-corrected chi connectivity index (χ2v) is 8.03. The van der Waals surface area contributed by atoms with Crippen LogP contribution in [-0.4, -0.2) is 46.2 Å². The highest BCUT2D eigenvalue weighted by Crippen LogP contribution is 2.26. The Balaban J connectivity index is 1.76. The molecule has 1 aromatic heterocycles. The van der Waals surface area contributed by atoms with Crippen molar-refractivity contribution >= 4 is 15.8 Å². The average molecular weight is 321 g/mol. The molecule has 8 heteroatoms. The van der Waals surface area contributed by atoms with Crippen LogP contribution in [0, 0.1) is 0 Å². The largest absolute Gasteiger partial charge is 0.350 e. The summed E-state index contributed by atoms with van der Waals surface area (Å²) in [6.45, 7) is 0. The third kappa shape index (κ3) is 3.27. The second-order valence-electron chi connectivity index (χ2n) is 5.71. The third-order valence-corrected chi connectivity index (χ3v) is 5.67. The van der Waals surface area contributed by atoms with Crippen LogP contribution in [0.1, 0.15) is 25.7 Å². The van der Waals surface area contributed by atoms with Gasteiger partial charge in [0.1, 0.15) is 9.84 Å². The Morgan fingerprint density at radius 3 is 2.73 bits per heavy atom. The molecule has 3 rings (SSSR count). The maximum atomic E-state index is 11.7. The average Bonchev–Trinajstić information content (AvgIpc) is 2.96. The molecule has 1 aromatic carbocycles. The summed E-state index contributed by atoms with van der Waals surface area (Å²) in [5.41, 5.74) is 0.866. The number of hydrogen-bond acceptors (Lipinski definition) is 6. The van der Waals surface area contributed by atoms with Crippen LogP contribution in [0.5, 0.6) is 0 Å². The van der Waals surface area contributed by atoms with Crippen LogP contribution in [0.4, 0.5) is 5.95 Å². The van der Waals surface area contributed by atoms with Crippen LogP contribution in [0.15, 0.2) is 30.3 Å². The van der Waals surface area contributed by atoms with E-state index in [1.165, 1.54) is 6.26 Å². The van der Waals surface area contributed by atoms with Crippen LogP contribution < -0.4 is 5.32 Å². The number of anilines is 1. The molecule has 118 valence electrons. The lowest BCUT2D eigenvalue weighted by Gasteiger charge is -2.28. The Morgan fingerprint density at radius 1 is 1.23 bits per heavy atom. The summed E-state index contributed by atoms with van der Waals surface area (Å²) in [5, 5.41) is 14.7. The van der Waals surface area contributed by atoms with Crippen LogP contribution in [0.2, 0.25) is 0 Å². The van der Waals surface area contributed by atoms with Crippen molar-refractivity contribution in [2.45, 2.75) is 37.0 Å². The molecule has 0 aliphatic heterocycles. The van der Waals surface area contributed by atoms with E-state index in [4.69, 9.17) is 0 Å². The molecule has 0 amide bonds. The van der Waals surface area contributed by atoms with E-state index in [0.717, 1.165) is 24.9 Å². The minimum atomic E-state index is -3.00. The van der Waals surface area contributed by atoms with E-state index in [1.807, 2.05) is 30.3 Å². The van der Waals surface area contributed by atoms with Crippen molar-refractivity contribution in [2.75, 3.05) is 11.6 Å². The molecule has 2 aromatic rings. The molecule has 1 aliphatic carbocycles. The number of benzene rings is 1. The normalized spacial score (nSPS) is 22.4. The second kappa shape index (κ2) is 6.04. The highest BCUT2D eigenvalue weighted by molar-refractivity contribution is 7.91. The predicted octanol–water partition coefficient (Wildman–Crippen LogP) is 1.43. The molecule has 0 saturated heterocycles. The Hall–Kier alpha value is -1.96. The number of tetrazole rings is 1. The number of sulfone groups is 1. The van der Waals surface area contributed by atoms with E-state index in [1.54, 1.807) is 4.68 Å². The quantitative estimate of drug-likeness (QED) is 0.916. The number of rotatable bonds is 4. The Bertz CT molecular complexity index is 729. The topological polar surface area (TPSA) is 89.8 Å². The number of aromatic nitrogens is 4. The SMILES string of the molecule is CS(=O)(=O)C1CCCC(Nc2nnnn2-c2ccccc2)C1. The Labute approximate surface area is 129 Å². The molecule has 1 saturated carbocycles. The Kier molecular flexibility index (Phi) is 4.10. The summed E-state index contributed by atoms with van der Waals surface area (Å²) in [6, 6.07) is 9.67. The first kappa shape index (κ1) is 15.0. The number of para-hydroxylation sites is 1. The van der Waals surface area contributed by atoms with Gasteiger partial charge in [-0.15, -0.1) is 0 Å². The van der Waals surface area contributed by atoms with Gasteiger partial charge in [0.2, 0.25) is 5.95 Å². The predicted molar refractivity (Wildman–Crippen MR) is 83.7 cm³/mol. The van der Waals surface area contributed by atoms with Gasteiger partial charge in [0.05, 0.1) is 10.9 Å². The summed E-state index contributed by atoms with van der Waals surface area (Å²) in [4.78, 5) is 0. The molecule has 7 nitrogen and oxygen atoms in total. The number of nitrogens with one attached hydrogen (secondary N) is 1. The maximum Gasteiger partial charge on any atom is 0.247 e. The first-order valence-electron chi connectivity index (χ1n) is 7.33. The zero-order valence-electron chi connectivity index (χ0n) is 12.4. The van der Waals surface area contributed by atoms with Crippen LogP contribution >= 0.6 is 0 Å². The van der Waals surface area contributed by atoms with E-state index in [-0.39, 0.29) is 11.3 Å². The molecule has 1 fully saturated rings. The molecule has 1 aliphatic rings. The summed E-state index contributed by atoms with van der Waals surface area (Å²) in [6.07, 6.45) is 4.46. The first-order chi connectivity index (χ1) is 10.5. The first-order valence-corrected chi connectivity index (χ1v) is 9.29. The van der Waals surface area contributed by atoms with Crippen molar-refractivity contribution in [2.24, 2.45) is 0 Å². The van der Waals surface area contributed by atoms with Crippen molar-refractivity contribution < 1.29 is 8.42 Å². The fraction of sp³-hybridized carbons (Fsp3) is 0.500. The van der Waals surface area contributed by atoms with Gasteiger partial charge >= 0.3 is 0 Å². The van der Waals surface area contributed by atoms with Crippen LogP contribution in [0.25, 0.3) is 5.69 Å². The van der Waals surface area contributed by atoms with Gasteiger partial charge < -0.3 is 5.32 Å². The molecule has 0 spiro atoms. The lowest BCUT2D eigenvalue weighted by molar-refractivity contribution is 0.450. The highest BCUT2D eigenvalue weighted by Gasteiger charge is 2.29. The lowest BCUT2D eigenvalue weighted by Crippen LogP contribution is -2.35. The minimum Gasteiger partial charge on any atom is -0.350 e. The molecule has 0 radical (unpaired) electrons. The molecular weight excluding hydrogens is 302 g/mol. The molecular formula is C14H19N5O2S. The van der Waals surface area contributed by atoms with Crippen molar-refractivity contribution in [1.82, 2.24) is 20.2 Å². The van der Waals surface area contributed by atoms with E-state index >= 15 is 0 Å². The highest BCUT2D eigenvalue weighted by atomic mass is 32.2. The van der Waals surface area contributed by atoms with Gasteiger partial charge in [-0.1, -0.05) is 29.7 Å². The molecule has 2 unspecified atom stereocenters. The lowest BCUT2D eigenvalue weighted by atomic mass is 9.95. The standard InChI is InChI=1S/C14H19N5O2S/c1-22(20,21)13-9-5-6-11(10-13)15-14-16-17-18-19(14)12-7-3-2-4-8-12/h2-4,7-8,11,13H,5-6,9-10H2,1H3,(H,15,16,18). The molecule has 2 atom stereocenters. The Morgan fingerprint density at radius 2 is 2.00 bits per heavy atom. The maximum absolute atomic E-state index is 11.7. The van der Waals surface area contributed by atoms with E-state index in [2.05, 4.69) is 20.8 Å². The van der Waals surface area contributed by atoms with Crippen molar-refractivity contribution in [3.05, 3.63) is 30.3 Å². The fourth-order valence-corrected chi connectivity index (χ4v) is 4.04. The van der Waals surface area contributed by atoms with E-state index in [0.29, 0.717) is 12.4 Å². The monoisotopic (exact) mass is 321 g/mol. The van der Waals surface area contributed by atoms with E-state index < -0.39 is 9.84 Å². The fourth-order valence-electron chi connectivity index (χ4n) is 2.87. The van der Waals surface area contributed by atoms with Gasteiger partial charge in [-0.05, 0) is 41.8 Å². The van der Waals surface area contributed by atoms with Gasteiger partial charge in [0.25, 0.3) is 0 Å². The molecule has 0 bridgehead atoms. The van der Waals surface area contributed by atoms with E-state index in [9.17, 15) is 8.42 Å². The number of nitrogens with zero attached hydrogens (tertiary/aromatic N) is 4. The zero-order valence-corrected chi connectivity index (χ0v) is 13.2. The smallest absolute Gasteiger partial charge is 0.247 e. The van der Waals surface area contributed by atoms with Gasteiger partial charge in [0.15, 0.2) is 0 Å². The minimum absolute atomic E-state index is 0.0712. The van der Waals surface area contributed by atoms with Crippen molar-refractivity contribution in [1.29, 1.82) is 0 Å². The van der Waals surface area contributed by atoms with Crippen LogP contribution in [-0.2, 0) is 9.84 Å². The molecule has 1 N–H and O–H groups in total. The zero-order chi connectivity index (χ0) is 15.6. The van der Waals surface area contributed by atoms with Crippen molar-refractivity contribution in [3.63, 3.8) is 0 Å². The summed E-state index contributed by atoms with van der Waals surface area (Å²) in [5.74, 6) is 0.547. The number of hydrogen-bond donors (Lipinski definition) is 1. The molecule has 22 heavy (non-hydrogen) atoms. The summed E-state index contributed by atoms with van der Waals surface area (Å²) in [7, 11) is -3.00. The van der Waals surface area contributed by atoms with Gasteiger partial charge in [-0.3, -0.25) is 0 Å². The van der Waals surface area contributed by atoms with Gasteiger partial charge in [0, 0.05) is 12.3 Å². The summed E-state index contributed by atoms with van der Waals surface area (Å²) >= 11 is 0.